The monoisotopic (exact) mass is 249 g/mol. The number of aromatic nitrogens is 2. The second-order valence-corrected chi connectivity index (χ2v) is 4.43. The van der Waals surface area contributed by atoms with Crippen LogP contribution in [0.15, 0.2) is 30.5 Å². The Bertz CT molecular complexity index is 488. The van der Waals surface area contributed by atoms with Crippen molar-refractivity contribution in [2.75, 3.05) is 11.9 Å². The number of imidazole rings is 1. The third kappa shape index (κ3) is 3.01. The van der Waals surface area contributed by atoms with Crippen LogP contribution in [0.4, 0.5) is 5.95 Å². The van der Waals surface area contributed by atoms with Gasteiger partial charge in [0.1, 0.15) is 0 Å². The molecule has 0 aliphatic carbocycles. The Balaban J connectivity index is 2.20. The van der Waals surface area contributed by atoms with Crippen molar-refractivity contribution in [3.05, 3.63) is 46.7 Å². The van der Waals surface area contributed by atoms with Crippen molar-refractivity contribution in [1.82, 2.24) is 9.55 Å². The molecule has 0 fully saturated rings. The Morgan fingerprint density at radius 3 is 2.65 bits per heavy atom. The Morgan fingerprint density at radius 2 is 2.00 bits per heavy atom. The highest BCUT2D eigenvalue weighted by Gasteiger charge is 2.04. The van der Waals surface area contributed by atoms with Gasteiger partial charge in [-0.2, -0.15) is 0 Å². The molecule has 1 aromatic carbocycles. The standard InChI is InChI=1S/C13H16ClN3/c1-3-15-13-16-10(2)8-17(13)9-11-4-6-12(14)7-5-11/h4-8H,3,9H2,1-2H3,(H,15,16). The van der Waals surface area contributed by atoms with Crippen LogP contribution in [0.5, 0.6) is 0 Å². The zero-order valence-electron chi connectivity index (χ0n) is 10.1. The molecule has 2 aromatic rings. The summed E-state index contributed by atoms with van der Waals surface area (Å²) >= 11 is 5.87. The van der Waals surface area contributed by atoms with Gasteiger partial charge in [-0.3, -0.25) is 0 Å². The predicted molar refractivity (Wildman–Crippen MR) is 71.7 cm³/mol. The Morgan fingerprint density at radius 1 is 1.29 bits per heavy atom. The number of halogens is 1. The highest BCUT2D eigenvalue weighted by molar-refractivity contribution is 6.30. The van der Waals surface area contributed by atoms with E-state index < -0.39 is 0 Å². The average molecular weight is 250 g/mol. The molecule has 1 heterocycles. The molecule has 0 bridgehead atoms. The average Bonchev–Trinajstić information content (AvgIpc) is 2.63. The summed E-state index contributed by atoms with van der Waals surface area (Å²) < 4.78 is 2.11. The van der Waals surface area contributed by atoms with Crippen LogP contribution in [0.3, 0.4) is 0 Å². The van der Waals surface area contributed by atoms with Crippen molar-refractivity contribution in [2.45, 2.75) is 20.4 Å². The van der Waals surface area contributed by atoms with E-state index in [2.05, 4.69) is 21.8 Å². The molecule has 0 radical (unpaired) electrons. The van der Waals surface area contributed by atoms with Crippen LogP contribution in [0.25, 0.3) is 0 Å². The van der Waals surface area contributed by atoms with E-state index in [9.17, 15) is 0 Å². The summed E-state index contributed by atoms with van der Waals surface area (Å²) in [6.07, 6.45) is 2.05. The molecule has 0 aliphatic rings. The van der Waals surface area contributed by atoms with Crippen molar-refractivity contribution in [2.24, 2.45) is 0 Å². The topological polar surface area (TPSA) is 29.9 Å². The largest absolute Gasteiger partial charge is 0.356 e. The third-order valence-electron chi connectivity index (χ3n) is 2.50. The van der Waals surface area contributed by atoms with Crippen LogP contribution in [-0.4, -0.2) is 16.1 Å². The summed E-state index contributed by atoms with van der Waals surface area (Å²) in [4.78, 5) is 4.44. The van der Waals surface area contributed by atoms with Crippen LogP contribution in [0.1, 0.15) is 18.2 Å². The van der Waals surface area contributed by atoms with E-state index in [4.69, 9.17) is 11.6 Å². The molecule has 1 aromatic heterocycles. The summed E-state index contributed by atoms with van der Waals surface area (Å²) in [6.45, 7) is 5.74. The second kappa shape index (κ2) is 5.23. The van der Waals surface area contributed by atoms with E-state index in [-0.39, 0.29) is 0 Å². The van der Waals surface area contributed by atoms with Crippen LogP contribution >= 0.6 is 11.6 Å². The van der Waals surface area contributed by atoms with Gasteiger partial charge in [-0.05, 0) is 31.5 Å². The van der Waals surface area contributed by atoms with Gasteiger partial charge in [0.15, 0.2) is 0 Å². The first-order chi connectivity index (χ1) is 8.19. The van der Waals surface area contributed by atoms with E-state index in [1.54, 1.807) is 0 Å². The fourth-order valence-electron chi connectivity index (χ4n) is 1.75. The van der Waals surface area contributed by atoms with Gasteiger partial charge >= 0.3 is 0 Å². The molecule has 2 rings (SSSR count). The molecular formula is C13H16ClN3. The molecule has 0 spiro atoms. The molecule has 90 valence electrons. The summed E-state index contributed by atoms with van der Waals surface area (Å²) in [5, 5.41) is 4.02. The molecule has 0 saturated heterocycles. The van der Waals surface area contributed by atoms with E-state index in [1.807, 2.05) is 37.4 Å². The van der Waals surface area contributed by atoms with Crippen LogP contribution in [0.2, 0.25) is 5.02 Å². The Hall–Kier alpha value is -1.48. The lowest BCUT2D eigenvalue weighted by atomic mass is 10.2. The first-order valence-corrected chi connectivity index (χ1v) is 6.09. The lowest BCUT2D eigenvalue weighted by Gasteiger charge is -2.08. The number of nitrogens with zero attached hydrogens (tertiary/aromatic N) is 2. The second-order valence-electron chi connectivity index (χ2n) is 3.99. The van der Waals surface area contributed by atoms with Crippen molar-refractivity contribution in [3.63, 3.8) is 0 Å². The summed E-state index contributed by atoms with van der Waals surface area (Å²) in [7, 11) is 0. The van der Waals surface area contributed by atoms with Crippen LogP contribution < -0.4 is 5.32 Å². The molecule has 0 atom stereocenters. The number of nitrogens with one attached hydrogen (secondary N) is 1. The minimum Gasteiger partial charge on any atom is -0.356 e. The fourth-order valence-corrected chi connectivity index (χ4v) is 1.88. The molecule has 3 nitrogen and oxygen atoms in total. The minimum atomic E-state index is 0.766. The molecule has 0 amide bonds. The smallest absolute Gasteiger partial charge is 0.203 e. The van der Waals surface area contributed by atoms with Gasteiger partial charge in [-0.15, -0.1) is 0 Å². The van der Waals surface area contributed by atoms with E-state index in [1.165, 1.54) is 5.56 Å². The molecule has 4 heteroatoms. The SMILES string of the molecule is CCNc1nc(C)cn1Cc1ccc(Cl)cc1. The van der Waals surface area contributed by atoms with Gasteiger partial charge in [0.25, 0.3) is 0 Å². The van der Waals surface area contributed by atoms with Gasteiger partial charge < -0.3 is 9.88 Å². The number of aryl methyl sites for hydroxylation is 1. The minimum absolute atomic E-state index is 0.766. The number of hydrogen-bond donors (Lipinski definition) is 1. The number of anilines is 1. The van der Waals surface area contributed by atoms with E-state index >= 15 is 0 Å². The maximum Gasteiger partial charge on any atom is 0.203 e. The molecule has 0 unspecified atom stereocenters. The van der Waals surface area contributed by atoms with Gasteiger partial charge in [-0.25, -0.2) is 4.98 Å². The molecule has 17 heavy (non-hydrogen) atoms. The molecule has 1 N–H and O–H groups in total. The zero-order valence-corrected chi connectivity index (χ0v) is 10.8. The molecular weight excluding hydrogens is 234 g/mol. The number of hydrogen-bond acceptors (Lipinski definition) is 2. The van der Waals surface area contributed by atoms with Gasteiger partial charge in [0.2, 0.25) is 5.95 Å². The van der Waals surface area contributed by atoms with Gasteiger partial charge in [0, 0.05) is 17.8 Å². The lowest BCUT2D eigenvalue weighted by molar-refractivity contribution is 0.799. The fraction of sp³-hybridized carbons (Fsp3) is 0.308. The Labute approximate surface area is 106 Å². The van der Waals surface area contributed by atoms with E-state index in [0.29, 0.717) is 0 Å². The Kier molecular flexibility index (Phi) is 3.69. The number of benzene rings is 1. The lowest BCUT2D eigenvalue weighted by Crippen LogP contribution is -2.07. The molecule has 0 saturated carbocycles. The van der Waals surface area contributed by atoms with Gasteiger partial charge in [0.05, 0.1) is 12.2 Å². The normalized spacial score (nSPS) is 10.5. The summed E-state index contributed by atoms with van der Waals surface area (Å²) in [5.74, 6) is 0.917. The predicted octanol–water partition coefficient (Wildman–Crippen LogP) is 3.33. The summed E-state index contributed by atoms with van der Waals surface area (Å²) in [6, 6.07) is 7.89. The molecule has 0 aliphatic heterocycles. The van der Waals surface area contributed by atoms with Crippen LogP contribution in [0, 0.1) is 6.92 Å². The zero-order chi connectivity index (χ0) is 12.3. The van der Waals surface area contributed by atoms with Crippen molar-refractivity contribution in [3.8, 4) is 0 Å². The van der Waals surface area contributed by atoms with Gasteiger partial charge in [-0.1, -0.05) is 23.7 Å². The van der Waals surface area contributed by atoms with Crippen molar-refractivity contribution >= 4 is 17.5 Å². The maximum absolute atomic E-state index is 5.87. The quantitative estimate of drug-likeness (QED) is 0.901. The van der Waals surface area contributed by atoms with E-state index in [0.717, 1.165) is 29.8 Å². The third-order valence-corrected chi connectivity index (χ3v) is 2.75. The number of rotatable bonds is 4. The first kappa shape index (κ1) is 12.0. The highest BCUT2D eigenvalue weighted by Crippen LogP contribution is 2.14. The maximum atomic E-state index is 5.87. The highest BCUT2D eigenvalue weighted by atomic mass is 35.5. The first-order valence-electron chi connectivity index (χ1n) is 5.71. The van der Waals surface area contributed by atoms with Crippen molar-refractivity contribution < 1.29 is 0 Å². The van der Waals surface area contributed by atoms with Crippen molar-refractivity contribution in [1.29, 1.82) is 0 Å². The van der Waals surface area contributed by atoms with Crippen LogP contribution in [-0.2, 0) is 6.54 Å². The summed E-state index contributed by atoms with van der Waals surface area (Å²) in [5.41, 5.74) is 2.24.